The Labute approximate surface area is 196 Å². The number of carbonyl (C=O) groups is 3. The van der Waals surface area contributed by atoms with E-state index in [4.69, 9.17) is 4.74 Å². The Bertz CT molecular complexity index is 1110. The van der Waals surface area contributed by atoms with Crippen LogP contribution >= 0.6 is 11.8 Å². The van der Waals surface area contributed by atoms with Crippen LogP contribution in [0.3, 0.4) is 0 Å². The second-order valence-electron chi connectivity index (χ2n) is 8.37. The molecule has 2 saturated heterocycles. The molecule has 2 aromatic rings. The SMILES string of the molecule is COc1cccc2[nH]c(C(=O)N3CC(SC)CC3C(=O)NC(C#N)CC3CCNC3=O)cc12. The number of hydrogen-bond donors (Lipinski definition) is 3. The maximum absolute atomic E-state index is 13.4. The van der Waals surface area contributed by atoms with Gasteiger partial charge in [0.25, 0.3) is 5.91 Å². The Morgan fingerprint density at radius 3 is 2.91 bits per heavy atom. The third-order valence-electron chi connectivity index (χ3n) is 6.39. The van der Waals surface area contributed by atoms with Crippen LogP contribution in [0.15, 0.2) is 24.3 Å². The summed E-state index contributed by atoms with van der Waals surface area (Å²) < 4.78 is 5.39. The fourth-order valence-electron chi connectivity index (χ4n) is 4.58. The topological polar surface area (TPSA) is 127 Å². The van der Waals surface area contributed by atoms with Gasteiger partial charge >= 0.3 is 0 Å². The zero-order chi connectivity index (χ0) is 23.5. The van der Waals surface area contributed by atoms with Gasteiger partial charge < -0.3 is 25.3 Å². The van der Waals surface area contributed by atoms with Gasteiger partial charge in [0, 0.05) is 35.2 Å². The van der Waals surface area contributed by atoms with E-state index in [1.807, 2.05) is 24.5 Å². The Morgan fingerprint density at radius 1 is 1.42 bits per heavy atom. The number of ether oxygens (including phenoxy) is 1. The number of likely N-dealkylation sites (tertiary alicyclic amines) is 1. The van der Waals surface area contributed by atoms with E-state index in [2.05, 4.69) is 21.7 Å². The number of benzene rings is 1. The number of amides is 3. The molecule has 0 spiro atoms. The number of carbonyl (C=O) groups excluding carboxylic acids is 3. The monoisotopic (exact) mass is 469 g/mol. The van der Waals surface area contributed by atoms with Gasteiger partial charge in [0.05, 0.1) is 13.2 Å². The van der Waals surface area contributed by atoms with Crippen molar-refractivity contribution in [2.45, 2.75) is 36.6 Å². The number of fused-ring (bicyclic) bond motifs is 1. The zero-order valence-electron chi connectivity index (χ0n) is 18.6. The predicted octanol–water partition coefficient (Wildman–Crippen LogP) is 1.66. The second kappa shape index (κ2) is 9.75. The number of rotatable bonds is 7. The van der Waals surface area contributed by atoms with Gasteiger partial charge in [-0.3, -0.25) is 14.4 Å². The van der Waals surface area contributed by atoms with Crippen molar-refractivity contribution >= 4 is 40.4 Å². The van der Waals surface area contributed by atoms with Gasteiger partial charge in [-0.15, -0.1) is 0 Å². The van der Waals surface area contributed by atoms with E-state index in [1.165, 1.54) is 0 Å². The van der Waals surface area contributed by atoms with Crippen LogP contribution in [0.25, 0.3) is 10.9 Å². The number of H-pyrrole nitrogens is 1. The number of methoxy groups -OCH3 is 1. The van der Waals surface area contributed by atoms with Crippen LogP contribution in [-0.4, -0.2) is 71.4 Å². The quantitative estimate of drug-likeness (QED) is 0.566. The summed E-state index contributed by atoms with van der Waals surface area (Å²) in [5.74, 6) is -0.337. The van der Waals surface area contributed by atoms with Crippen LogP contribution in [-0.2, 0) is 9.59 Å². The smallest absolute Gasteiger partial charge is 0.271 e. The van der Waals surface area contributed by atoms with Gasteiger partial charge in [0.2, 0.25) is 11.8 Å². The number of nitrogens with one attached hydrogen (secondary N) is 3. The van der Waals surface area contributed by atoms with Crippen molar-refractivity contribution in [3.63, 3.8) is 0 Å². The fraction of sp³-hybridized carbons (Fsp3) is 0.478. The van der Waals surface area contributed by atoms with Crippen molar-refractivity contribution < 1.29 is 19.1 Å². The average molecular weight is 470 g/mol. The summed E-state index contributed by atoms with van der Waals surface area (Å²) >= 11 is 1.61. The molecule has 0 bridgehead atoms. The van der Waals surface area contributed by atoms with Crippen LogP contribution in [0, 0.1) is 17.2 Å². The maximum Gasteiger partial charge on any atom is 0.271 e. The molecule has 10 heteroatoms. The number of aromatic amines is 1. The second-order valence-corrected chi connectivity index (χ2v) is 9.51. The maximum atomic E-state index is 13.4. The summed E-state index contributed by atoms with van der Waals surface area (Å²) in [5, 5.41) is 16.0. The van der Waals surface area contributed by atoms with E-state index in [-0.39, 0.29) is 35.3 Å². The lowest BCUT2D eigenvalue weighted by atomic mass is 9.99. The van der Waals surface area contributed by atoms with Crippen molar-refractivity contribution in [1.82, 2.24) is 20.5 Å². The van der Waals surface area contributed by atoms with E-state index in [1.54, 1.807) is 29.8 Å². The van der Waals surface area contributed by atoms with Crippen LogP contribution < -0.4 is 15.4 Å². The first-order valence-corrected chi connectivity index (χ1v) is 12.2. The number of nitriles is 1. The number of hydrogen-bond acceptors (Lipinski definition) is 6. The lowest BCUT2D eigenvalue weighted by molar-refractivity contribution is -0.126. The lowest BCUT2D eigenvalue weighted by Gasteiger charge is -2.25. The summed E-state index contributed by atoms with van der Waals surface area (Å²) in [7, 11) is 1.58. The average Bonchev–Trinajstić information content (AvgIpc) is 3.55. The lowest BCUT2D eigenvalue weighted by Crippen LogP contribution is -2.49. The van der Waals surface area contributed by atoms with Gasteiger partial charge in [-0.25, -0.2) is 0 Å². The molecule has 0 radical (unpaired) electrons. The summed E-state index contributed by atoms with van der Waals surface area (Å²) in [4.78, 5) is 43.1. The van der Waals surface area contributed by atoms with E-state index in [0.717, 1.165) is 10.9 Å². The first kappa shape index (κ1) is 23.0. The van der Waals surface area contributed by atoms with Gasteiger partial charge in [-0.05, 0) is 43.7 Å². The highest BCUT2D eigenvalue weighted by Gasteiger charge is 2.41. The molecule has 4 rings (SSSR count). The molecule has 9 nitrogen and oxygen atoms in total. The number of nitrogens with zero attached hydrogens (tertiary/aromatic N) is 2. The number of aromatic nitrogens is 1. The van der Waals surface area contributed by atoms with Gasteiger partial charge in [-0.2, -0.15) is 17.0 Å². The van der Waals surface area contributed by atoms with Crippen LogP contribution in [0.2, 0.25) is 0 Å². The number of thioether (sulfide) groups is 1. The molecule has 2 aliphatic rings. The first-order chi connectivity index (χ1) is 15.9. The molecule has 3 heterocycles. The van der Waals surface area contributed by atoms with Crippen LogP contribution in [0.1, 0.15) is 29.8 Å². The van der Waals surface area contributed by atoms with Crippen molar-refractivity contribution in [1.29, 1.82) is 5.26 Å². The largest absolute Gasteiger partial charge is 0.496 e. The molecule has 4 unspecified atom stereocenters. The molecule has 3 N–H and O–H groups in total. The highest BCUT2D eigenvalue weighted by Crippen LogP contribution is 2.31. The Kier molecular flexibility index (Phi) is 6.79. The van der Waals surface area contributed by atoms with Crippen molar-refractivity contribution in [3.8, 4) is 11.8 Å². The molecule has 0 saturated carbocycles. The van der Waals surface area contributed by atoms with Gasteiger partial charge in [0.15, 0.2) is 0 Å². The van der Waals surface area contributed by atoms with E-state index >= 15 is 0 Å². The predicted molar refractivity (Wildman–Crippen MR) is 125 cm³/mol. The molecule has 2 aliphatic heterocycles. The van der Waals surface area contributed by atoms with Crippen molar-refractivity contribution in [3.05, 3.63) is 30.0 Å². The highest BCUT2D eigenvalue weighted by atomic mass is 32.2. The van der Waals surface area contributed by atoms with Gasteiger partial charge in [-0.1, -0.05) is 6.07 Å². The third-order valence-corrected chi connectivity index (χ3v) is 7.40. The van der Waals surface area contributed by atoms with Crippen molar-refractivity contribution in [2.75, 3.05) is 26.5 Å². The van der Waals surface area contributed by atoms with Gasteiger partial charge in [0.1, 0.15) is 23.5 Å². The zero-order valence-corrected chi connectivity index (χ0v) is 19.4. The minimum atomic E-state index is -0.783. The van der Waals surface area contributed by atoms with Crippen LogP contribution in [0.5, 0.6) is 5.75 Å². The summed E-state index contributed by atoms with van der Waals surface area (Å²) in [6.45, 7) is 1.03. The molecule has 174 valence electrons. The Balaban J connectivity index is 1.52. The molecular formula is C23H27N5O4S. The van der Waals surface area contributed by atoms with Crippen LogP contribution in [0.4, 0.5) is 0 Å². The molecule has 1 aromatic heterocycles. The summed E-state index contributed by atoms with van der Waals surface area (Å²) in [6.07, 6.45) is 3.38. The molecule has 33 heavy (non-hydrogen) atoms. The molecule has 0 aliphatic carbocycles. The molecular weight excluding hydrogens is 442 g/mol. The standard InChI is InChI=1S/C23H27N5O4S/c1-32-20-5-3-4-17-16(20)10-18(27-17)23(31)28-12-15(33-2)9-19(28)22(30)26-14(11-24)8-13-6-7-25-21(13)29/h3-5,10,13-15,19,27H,6-9,12H2,1-2H3,(H,25,29)(H,26,30). The molecule has 2 fully saturated rings. The first-order valence-electron chi connectivity index (χ1n) is 10.9. The minimum absolute atomic E-state index is 0.0844. The van der Waals surface area contributed by atoms with E-state index < -0.39 is 12.1 Å². The minimum Gasteiger partial charge on any atom is -0.496 e. The summed E-state index contributed by atoms with van der Waals surface area (Å²) in [5.41, 5.74) is 1.16. The Morgan fingerprint density at radius 2 is 2.24 bits per heavy atom. The molecule has 3 amide bonds. The molecule has 1 aromatic carbocycles. The van der Waals surface area contributed by atoms with Crippen molar-refractivity contribution in [2.24, 2.45) is 5.92 Å². The molecule has 4 atom stereocenters. The normalized spacial score (nSPS) is 23.2. The summed E-state index contributed by atoms with van der Waals surface area (Å²) in [6, 6.07) is 7.91. The third kappa shape index (κ3) is 4.64. The fourth-order valence-corrected chi connectivity index (χ4v) is 5.27. The van der Waals surface area contributed by atoms with E-state index in [0.29, 0.717) is 37.4 Å². The highest BCUT2D eigenvalue weighted by molar-refractivity contribution is 7.99. The Hall–Kier alpha value is -3.19. The van der Waals surface area contributed by atoms with E-state index in [9.17, 15) is 19.6 Å².